The molecule has 5 heteroatoms. The highest BCUT2D eigenvalue weighted by Crippen LogP contribution is 2.32. The van der Waals surface area contributed by atoms with Gasteiger partial charge in [0.15, 0.2) is 0 Å². The molecule has 30 heavy (non-hydrogen) atoms. The Morgan fingerprint density at radius 3 is 2.13 bits per heavy atom. The van der Waals surface area contributed by atoms with E-state index in [9.17, 15) is 8.42 Å². The largest absolute Gasteiger partial charge is 0.256 e. The lowest BCUT2D eigenvalue weighted by Gasteiger charge is -2.22. The Morgan fingerprint density at radius 1 is 0.767 bits per heavy atom. The Bertz CT molecular complexity index is 1220. The Morgan fingerprint density at radius 2 is 1.43 bits per heavy atom. The highest BCUT2D eigenvalue weighted by Gasteiger charge is 2.25. The van der Waals surface area contributed by atoms with Crippen LogP contribution in [0.2, 0.25) is 0 Å². The summed E-state index contributed by atoms with van der Waals surface area (Å²) in [7, 11) is -3.74. The molecule has 1 N–H and O–H groups in total. The van der Waals surface area contributed by atoms with Crippen LogP contribution in [0.5, 0.6) is 0 Å². The Kier molecular flexibility index (Phi) is 5.74. The van der Waals surface area contributed by atoms with Gasteiger partial charge in [0.2, 0.25) is 10.0 Å². The molecule has 4 aromatic rings. The molecule has 4 rings (SSSR count). The van der Waals surface area contributed by atoms with Gasteiger partial charge in [-0.3, -0.25) is 4.98 Å². The standard InChI is InChI=1S/C25H22N2O2S/c1-19-14-16-21(17-15-19)30(28,29)27-25(20-9-3-2-4-10-20)23-12-6-5-11-22(23)24-13-7-8-18-26-24/h2-18,25,27H,1H3. The third-order valence-electron chi connectivity index (χ3n) is 4.95. The second-order valence-electron chi connectivity index (χ2n) is 7.08. The van der Waals surface area contributed by atoms with Crippen LogP contribution in [-0.4, -0.2) is 13.4 Å². The highest BCUT2D eigenvalue weighted by molar-refractivity contribution is 7.89. The van der Waals surface area contributed by atoms with Gasteiger partial charge in [-0.15, -0.1) is 0 Å². The van der Waals surface area contributed by atoms with E-state index in [0.717, 1.165) is 27.9 Å². The SMILES string of the molecule is Cc1ccc(S(=O)(=O)NC(c2ccccc2)c2ccccc2-c2ccccn2)cc1. The minimum atomic E-state index is -3.74. The van der Waals surface area contributed by atoms with Crippen LogP contribution in [0.4, 0.5) is 0 Å². The second kappa shape index (κ2) is 8.61. The lowest BCUT2D eigenvalue weighted by molar-refractivity contribution is 0.572. The van der Waals surface area contributed by atoms with Crippen molar-refractivity contribution in [3.63, 3.8) is 0 Å². The number of aryl methyl sites for hydroxylation is 1. The van der Waals surface area contributed by atoms with Gasteiger partial charge in [-0.2, -0.15) is 4.72 Å². The van der Waals surface area contributed by atoms with Crippen LogP contribution in [-0.2, 0) is 10.0 Å². The summed E-state index contributed by atoms with van der Waals surface area (Å²) in [6, 6.07) is 29.4. The van der Waals surface area contributed by atoms with E-state index in [-0.39, 0.29) is 4.90 Å². The zero-order chi connectivity index (χ0) is 21.0. The van der Waals surface area contributed by atoms with Gasteiger partial charge in [0.25, 0.3) is 0 Å². The molecule has 0 aliphatic carbocycles. The average molecular weight is 415 g/mol. The number of pyridine rings is 1. The van der Waals surface area contributed by atoms with Crippen LogP contribution in [0.15, 0.2) is 108 Å². The van der Waals surface area contributed by atoms with Crippen molar-refractivity contribution in [2.45, 2.75) is 17.9 Å². The minimum Gasteiger partial charge on any atom is -0.256 e. The average Bonchev–Trinajstić information content (AvgIpc) is 2.79. The zero-order valence-electron chi connectivity index (χ0n) is 16.6. The smallest absolute Gasteiger partial charge is 0.241 e. The van der Waals surface area contributed by atoms with Crippen LogP contribution in [0.25, 0.3) is 11.3 Å². The van der Waals surface area contributed by atoms with Crippen molar-refractivity contribution in [2.75, 3.05) is 0 Å². The van der Waals surface area contributed by atoms with Crippen LogP contribution in [0.3, 0.4) is 0 Å². The van der Waals surface area contributed by atoms with Crippen LogP contribution in [0.1, 0.15) is 22.7 Å². The molecule has 0 bridgehead atoms. The molecule has 150 valence electrons. The van der Waals surface area contributed by atoms with Crippen molar-refractivity contribution < 1.29 is 8.42 Å². The van der Waals surface area contributed by atoms with Crippen molar-refractivity contribution in [3.05, 3.63) is 120 Å². The number of aromatic nitrogens is 1. The van der Waals surface area contributed by atoms with E-state index in [4.69, 9.17) is 0 Å². The van der Waals surface area contributed by atoms with Crippen LogP contribution in [0, 0.1) is 6.92 Å². The maximum Gasteiger partial charge on any atom is 0.241 e. The molecule has 0 radical (unpaired) electrons. The first-order valence-electron chi connectivity index (χ1n) is 9.69. The third kappa shape index (κ3) is 4.32. The number of hydrogen-bond donors (Lipinski definition) is 1. The normalized spacial score (nSPS) is 12.4. The molecule has 1 aromatic heterocycles. The fourth-order valence-electron chi connectivity index (χ4n) is 3.40. The number of hydrogen-bond acceptors (Lipinski definition) is 3. The van der Waals surface area contributed by atoms with Crippen molar-refractivity contribution >= 4 is 10.0 Å². The molecule has 0 aliphatic heterocycles. The molecule has 0 saturated heterocycles. The van der Waals surface area contributed by atoms with Crippen molar-refractivity contribution in [3.8, 4) is 11.3 Å². The Labute approximate surface area is 177 Å². The summed E-state index contributed by atoms with van der Waals surface area (Å²) < 4.78 is 29.4. The van der Waals surface area contributed by atoms with Gasteiger partial charge in [-0.25, -0.2) is 8.42 Å². The molecule has 3 aromatic carbocycles. The van der Waals surface area contributed by atoms with Gasteiger partial charge >= 0.3 is 0 Å². The zero-order valence-corrected chi connectivity index (χ0v) is 17.4. The van der Waals surface area contributed by atoms with E-state index in [2.05, 4.69) is 9.71 Å². The number of benzene rings is 3. The summed E-state index contributed by atoms with van der Waals surface area (Å²) in [6.45, 7) is 1.93. The fourth-order valence-corrected chi connectivity index (χ4v) is 4.61. The molecule has 0 spiro atoms. The predicted octanol–water partition coefficient (Wildman–Crippen LogP) is 5.12. The molecule has 4 nitrogen and oxygen atoms in total. The van der Waals surface area contributed by atoms with E-state index in [1.165, 1.54) is 0 Å². The molecular weight excluding hydrogens is 392 g/mol. The lowest BCUT2D eigenvalue weighted by Crippen LogP contribution is -2.30. The molecular formula is C25H22N2O2S. The summed E-state index contributed by atoms with van der Waals surface area (Å²) in [4.78, 5) is 4.71. The topological polar surface area (TPSA) is 59.1 Å². The number of nitrogens with one attached hydrogen (secondary N) is 1. The van der Waals surface area contributed by atoms with Crippen molar-refractivity contribution in [1.82, 2.24) is 9.71 Å². The van der Waals surface area contributed by atoms with Gasteiger partial charge < -0.3 is 0 Å². The lowest BCUT2D eigenvalue weighted by atomic mass is 9.93. The third-order valence-corrected chi connectivity index (χ3v) is 6.39. The molecule has 1 atom stereocenters. The number of sulfonamides is 1. The van der Waals surface area contributed by atoms with Gasteiger partial charge in [0.1, 0.15) is 0 Å². The fraction of sp³-hybridized carbons (Fsp3) is 0.0800. The van der Waals surface area contributed by atoms with E-state index < -0.39 is 16.1 Å². The maximum atomic E-state index is 13.2. The summed E-state index contributed by atoms with van der Waals surface area (Å²) >= 11 is 0. The summed E-state index contributed by atoms with van der Waals surface area (Å²) in [6.07, 6.45) is 1.74. The molecule has 1 unspecified atom stereocenters. The Balaban J connectivity index is 1.83. The summed E-state index contributed by atoms with van der Waals surface area (Å²) in [5.41, 5.74) is 4.39. The second-order valence-corrected chi connectivity index (χ2v) is 8.79. The van der Waals surface area contributed by atoms with Crippen molar-refractivity contribution in [2.24, 2.45) is 0 Å². The first kappa shape index (κ1) is 20.0. The van der Waals surface area contributed by atoms with E-state index in [1.807, 2.05) is 79.7 Å². The summed E-state index contributed by atoms with van der Waals surface area (Å²) in [5.74, 6) is 0. The number of rotatable bonds is 6. The van der Waals surface area contributed by atoms with Crippen LogP contribution >= 0.6 is 0 Å². The van der Waals surface area contributed by atoms with E-state index >= 15 is 0 Å². The predicted molar refractivity (Wildman–Crippen MR) is 119 cm³/mol. The van der Waals surface area contributed by atoms with Gasteiger partial charge in [0, 0.05) is 11.8 Å². The van der Waals surface area contributed by atoms with Gasteiger partial charge in [0.05, 0.1) is 16.6 Å². The molecule has 0 fully saturated rings. The van der Waals surface area contributed by atoms with E-state index in [0.29, 0.717) is 0 Å². The quantitative estimate of drug-likeness (QED) is 0.476. The maximum absolute atomic E-state index is 13.2. The first-order valence-corrected chi connectivity index (χ1v) is 11.2. The number of nitrogens with zero attached hydrogens (tertiary/aromatic N) is 1. The monoisotopic (exact) mass is 414 g/mol. The van der Waals surface area contributed by atoms with E-state index in [1.54, 1.807) is 30.5 Å². The Hall–Kier alpha value is -3.28. The molecule has 1 heterocycles. The molecule has 0 saturated carbocycles. The summed E-state index contributed by atoms with van der Waals surface area (Å²) in [5, 5.41) is 0. The first-order chi connectivity index (χ1) is 14.5. The van der Waals surface area contributed by atoms with Crippen LogP contribution < -0.4 is 4.72 Å². The van der Waals surface area contributed by atoms with Gasteiger partial charge in [-0.1, -0.05) is 78.4 Å². The van der Waals surface area contributed by atoms with Crippen molar-refractivity contribution in [1.29, 1.82) is 0 Å². The minimum absolute atomic E-state index is 0.240. The van der Waals surface area contributed by atoms with Gasteiger partial charge in [-0.05, 0) is 42.3 Å². The molecule has 0 aliphatic rings. The molecule has 0 amide bonds. The highest BCUT2D eigenvalue weighted by atomic mass is 32.2.